The maximum atomic E-state index is 12.3. The second-order valence-corrected chi connectivity index (χ2v) is 7.63. The fourth-order valence-electron chi connectivity index (χ4n) is 3.12. The Balaban J connectivity index is 1.50. The highest BCUT2D eigenvalue weighted by atomic mass is 32.2. The van der Waals surface area contributed by atoms with E-state index < -0.39 is 0 Å². The first kappa shape index (κ1) is 17.9. The molecule has 0 atom stereocenters. The first-order valence-corrected chi connectivity index (χ1v) is 9.69. The van der Waals surface area contributed by atoms with Crippen LogP contribution in [0.15, 0.2) is 44.6 Å². The predicted octanol–water partition coefficient (Wildman–Crippen LogP) is 3.62. The van der Waals surface area contributed by atoms with Crippen LogP contribution in [0, 0.1) is 13.8 Å². The molecule has 2 fully saturated rings. The van der Waals surface area contributed by atoms with Crippen molar-refractivity contribution in [1.29, 1.82) is 0 Å². The lowest BCUT2D eigenvalue weighted by Crippen LogP contribution is -2.35. The van der Waals surface area contributed by atoms with Crippen molar-refractivity contribution in [3.8, 4) is 0 Å². The molecule has 4 rings (SSSR count). The van der Waals surface area contributed by atoms with Gasteiger partial charge < -0.3 is 19.4 Å². The van der Waals surface area contributed by atoms with Crippen molar-refractivity contribution in [1.82, 2.24) is 5.32 Å². The van der Waals surface area contributed by atoms with E-state index >= 15 is 0 Å². The van der Waals surface area contributed by atoms with Gasteiger partial charge in [0.2, 0.25) is 0 Å². The van der Waals surface area contributed by atoms with Crippen LogP contribution in [0.25, 0.3) is 6.08 Å². The van der Waals surface area contributed by atoms with Crippen molar-refractivity contribution < 1.29 is 13.9 Å². The molecule has 1 aromatic heterocycles. The van der Waals surface area contributed by atoms with E-state index in [2.05, 4.69) is 21.3 Å². The number of thioether (sulfide) groups is 1. The summed E-state index contributed by atoms with van der Waals surface area (Å²) in [4.78, 5) is 19.5. The van der Waals surface area contributed by atoms with Gasteiger partial charge >= 0.3 is 0 Å². The normalized spacial score (nSPS) is 20.5. The Morgan fingerprint density at radius 1 is 1.15 bits per heavy atom. The number of nitrogens with zero attached hydrogens (tertiary/aromatic N) is 2. The molecule has 1 amide bonds. The molecule has 2 aliphatic rings. The van der Waals surface area contributed by atoms with Crippen molar-refractivity contribution in [3.05, 3.63) is 52.1 Å². The van der Waals surface area contributed by atoms with Crippen molar-refractivity contribution in [2.24, 2.45) is 4.99 Å². The van der Waals surface area contributed by atoms with Crippen LogP contribution in [0.1, 0.15) is 16.9 Å². The Morgan fingerprint density at radius 2 is 1.89 bits per heavy atom. The summed E-state index contributed by atoms with van der Waals surface area (Å²) in [5.74, 6) is 1.30. The Labute approximate surface area is 162 Å². The summed E-state index contributed by atoms with van der Waals surface area (Å²) >= 11 is 1.32. The van der Waals surface area contributed by atoms with Crippen LogP contribution in [0.3, 0.4) is 0 Å². The van der Waals surface area contributed by atoms with E-state index in [4.69, 9.17) is 9.15 Å². The number of amides is 1. The van der Waals surface area contributed by atoms with E-state index in [1.807, 2.05) is 38.1 Å². The number of rotatable bonds is 3. The molecule has 2 saturated heterocycles. The quantitative estimate of drug-likeness (QED) is 0.820. The van der Waals surface area contributed by atoms with Gasteiger partial charge in [0.25, 0.3) is 5.91 Å². The lowest BCUT2D eigenvalue weighted by molar-refractivity contribution is -0.115. The molecule has 0 spiro atoms. The first-order chi connectivity index (χ1) is 13.1. The molecule has 0 saturated carbocycles. The van der Waals surface area contributed by atoms with Crippen LogP contribution in [-0.4, -0.2) is 37.4 Å². The first-order valence-electron chi connectivity index (χ1n) is 8.87. The van der Waals surface area contributed by atoms with Crippen molar-refractivity contribution in [2.75, 3.05) is 31.2 Å². The minimum atomic E-state index is -0.160. The lowest BCUT2D eigenvalue weighted by atomic mass is 10.1. The van der Waals surface area contributed by atoms with E-state index in [1.165, 1.54) is 11.8 Å². The van der Waals surface area contributed by atoms with Crippen LogP contribution < -0.4 is 10.2 Å². The fourth-order valence-corrected chi connectivity index (χ4v) is 3.94. The predicted molar refractivity (Wildman–Crippen MR) is 108 cm³/mol. The highest BCUT2D eigenvalue weighted by molar-refractivity contribution is 8.18. The summed E-state index contributed by atoms with van der Waals surface area (Å²) in [5, 5.41) is 3.40. The second kappa shape index (κ2) is 7.62. The molecule has 0 aliphatic carbocycles. The van der Waals surface area contributed by atoms with Gasteiger partial charge in [0, 0.05) is 25.2 Å². The number of morpholine rings is 1. The van der Waals surface area contributed by atoms with Gasteiger partial charge in [-0.2, -0.15) is 0 Å². The smallest absolute Gasteiger partial charge is 0.264 e. The average Bonchev–Trinajstić information content (AvgIpc) is 3.22. The van der Waals surface area contributed by atoms with Gasteiger partial charge in [-0.05, 0) is 54.9 Å². The van der Waals surface area contributed by atoms with Crippen molar-refractivity contribution in [3.63, 3.8) is 0 Å². The van der Waals surface area contributed by atoms with Crippen LogP contribution >= 0.6 is 11.8 Å². The molecule has 0 bridgehead atoms. The number of anilines is 1. The zero-order chi connectivity index (χ0) is 18.8. The molecule has 7 heteroatoms. The van der Waals surface area contributed by atoms with Gasteiger partial charge in [-0.15, -0.1) is 0 Å². The van der Waals surface area contributed by atoms with Gasteiger partial charge in [-0.25, -0.2) is 4.99 Å². The molecular weight excluding hydrogens is 362 g/mol. The van der Waals surface area contributed by atoms with Gasteiger partial charge in [-0.3, -0.25) is 4.79 Å². The highest BCUT2D eigenvalue weighted by Gasteiger charge is 2.24. The fraction of sp³-hybridized carbons (Fsp3) is 0.300. The van der Waals surface area contributed by atoms with Gasteiger partial charge in [0.05, 0.1) is 23.8 Å². The number of aliphatic imine (C=N–C) groups is 1. The molecule has 2 aromatic rings. The lowest BCUT2D eigenvalue weighted by Gasteiger charge is -2.26. The molecule has 27 heavy (non-hydrogen) atoms. The standard InChI is InChI=1S/C20H21N3O3S/c1-13-9-14(2)11-15(10-13)21-20-22-19(24)17(27-20)12-16-3-4-18(26-16)23-5-7-25-8-6-23/h3-4,9-12H,5-8H2,1-2H3,(H,21,22,24)/b17-12-. The van der Waals surface area contributed by atoms with Crippen LogP contribution in [-0.2, 0) is 9.53 Å². The van der Waals surface area contributed by atoms with E-state index in [0.29, 0.717) is 29.0 Å². The Morgan fingerprint density at radius 3 is 2.63 bits per heavy atom. The second-order valence-electron chi connectivity index (χ2n) is 6.60. The number of carbonyl (C=O) groups is 1. The van der Waals surface area contributed by atoms with Crippen LogP contribution in [0.4, 0.5) is 11.6 Å². The number of aryl methyl sites for hydroxylation is 2. The zero-order valence-electron chi connectivity index (χ0n) is 15.3. The van der Waals surface area contributed by atoms with E-state index in [1.54, 1.807) is 6.08 Å². The Bertz CT molecular complexity index is 906. The molecule has 140 valence electrons. The Kier molecular flexibility index (Phi) is 5.05. The van der Waals surface area contributed by atoms with E-state index in [-0.39, 0.29) is 5.91 Å². The number of nitrogens with one attached hydrogen (secondary N) is 1. The number of hydrogen-bond acceptors (Lipinski definition) is 6. The minimum absolute atomic E-state index is 0.160. The SMILES string of the molecule is Cc1cc(C)cc(N=C2NC(=O)/C(=C/c3ccc(N4CCOCC4)o3)S2)c1. The topological polar surface area (TPSA) is 67.1 Å². The minimum Gasteiger partial charge on any atom is -0.441 e. The molecule has 0 radical (unpaired) electrons. The third-order valence-electron chi connectivity index (χ3n) is 4.30. The summed E-state index contributed by atoms with van der Waals surface area (Å²) in [6.07, 6.45) is 1.76. The summed E-state index contributed by atoms with van der Waals surface area (Å²) in [7, 11) is 0. The molecule has 1 N–H and O–H groups in total. The van der Waals surface area contributed by atoms with Crippen LogP contribution in [0.2, 0.25) is 0 Å². The number of carbonyl (C=O) groups excluding carboxylic acids is 1. The van der Waals surface area contributed by atoms with Gasteiger partial charge in [-0.1, -0.05) is 6.07 Å². The number of furan rings is 1. The number of benzene rings is 1. The van der Waals surface area contributed by atoms with E-state index in [9.17, 15) is 4.79 Å². The molecule has 1 aromatic carbocycles. The van der Waals surface area contributed by atoms with Crippen molar-refractivity contribution in [2.45, 2.75) is 13.8 Å². The zero-order valence-corrected chi connectivity index (χ0v) is 16.1. The summed E-state index contributed by atoms with van der Waals surface area (Å²) < 4.78 is 11.2. The average molecular weight is 383 g/mol. The molecule has 0 unspecified atom stereocenters. The maximum Gasteiger partial charge on any atom is 0.264 e. The summed E-state index contributed by atoms with van der Waals surface area (Å²) in [6.45, 7) is 7.09. The Hall–Kier alpha value is -2.51. The largest absolute Gasteiger partial charge is 0.441 e. The molecule has 3 heterocycles. The molecule has 6 nitrogen and oxygen atoms in total. The summed E-state index contributed by atoms with van der Waals surface area (Å²) in [5.41, 5.74) is 3.13. The highest BCUT2D eigenvalue weighted by Crippen LogP contribution is 2.30. The van der Waals surface area contributed by atoms with Gasteiger partial charge in [0.1, 0.15) is 5.76 Å². The van der Waals surface area contributed by atoms with Crippen LogP contribution in [0.5, 0.6) is 0 Å². The number of amidine groups is 1. The van der Waals surface area contributed by atoms with E-state index in [0.717, 1.165) is 35.8 Å². The van der Waals surface area contributed by atoms with Gasteiger partial charge in [0.15, 0.2) is 11.1 Å². The summed E-state index contributed by atoms with van der Waals surface area (Å²) in [6, 6.07) is 9.90. The third kappa shape index (κ3) is 4.26. The maximum absolute atomic E-state index is 12.3. The molecular formula is C20H21N3O3S. The third-order valence-corrected chi connectivity index (χ3v) is 5.21. The van der Waals surface area contributed by atoms with Crippen molar-refractivity contribution >= 4 is 40.5 Å². The number of ether oxygens (including phenoxy) is 1. The monoisotopic (exact) mass is 383 g/mol. The number of hydrogen-bond donors (Lipinski definition) is 1. The molecule has 2 aliphatic heterocycles.